The van der Waals surface area contributed by atoms with Gasteiger partial charge in [-0.25, -0.2) is 0 Å². The first-order valence-corrected chi connectivity index (χ1v) is 7.13. The number of Topliss-reactive ketones (excluding diaryl/α,β-unsaturated/α-hetero) is 1. The minimum Gasteiger partial charge on any atom is -0.392 e. The molecule has 4 heteroatoms. The van der Waals surface area contributed by atoms with E-state index >= 15 is 0 Å². The summed E-state index contributed by atoms with van der Waals surface area (Å²) in [7, 11) is 0. The molecule has 1 aliphatic heterocycles. The molecule has 1 unspecified atom stereocenters. The van der Waals surface area contributed by atoms with E-state index in [1.807, 2.05) is 24.3 Å². The van der Waals surface area contributed by atoms with E-state index in [0.717, 1.165) is 36.0 Å². The highest BCUT2D eigenvalue weighted by Gasteiger charge is 2.18. The van der Waals surface area contributed by atoms with Gasteiger partial charge in [-0.2, -0.15) is 0 Å². The second kappa shape index (κ2) is 6.45. The van der Waals surface area contributed by atoms with Crippen LogP contribution in [-0.4, -0.2) is 41.5 Å². The molecule has 1 aliphatic rings. The van der Waals surface area contributed by atoms with Crippen LogP contribution in [0.4, 0.5) is 0 Å². The van der Waals surface area contributed by atoms with Crippen molar-refractivity contribution in [2.75, 3.05) is 19.6 Å². The molecule has 1 saturated heterocycles. The molecule has 1 N–H and O–H groups in total. The number of hydrogen-bond acceptors (Lipinski definition) is 3. The van der Waals surface area contributed by atoms with Gasteiger partial charge in [-0.3, -0.25) is 4.79 Å². The van der Waals surface area contributed by atoms with Crippen molar-refractivity contribution in [1.82, 2.24) is 4.90 Å². The Kier molecular flexibility index (Phi) is 4.92. The minimum atomic E-state index is -0.221. The van der Waals surface area contributed by atoms with Crippen molar-refractivity contribution in [2.24, 2.45) is 0 Å². The number of ketones is 1. The van der Waals surface area contributed by atoms with Gasteiger partial charge in [0, 0.05) is 29.5 Å². The lowest BCUT2D eigenvalue weighted by Gasteiger charge is -2.29. The molecule has 1 fully saturated rings. The number of nitrogens with zero attached hydrogens (tertiary/aromatic N) is 1. The number of carbonyl (C=O) groups is 1. The fourth-order valence-electron chi connectivity index (χ4n) is 2.27. The third-order valence-electron chi connectivity index (χ3n) is 3.30. The van der Waals surface area contributed by atoms with Crippen LogP contribution in [0.2, 0.25) is 0 Å². The lowest BCUT2D eigenvalue weighted by Crippen LogP contribution is -2.39. The topological polar surface area (TPSA) is 40.5 Å². The van der Waals surface area contributed by atoms with Crippen molar-refractivity contribution in [1.29, 1.82) is 0 Å². The molecule has 0 aliphatic carbocycles. The normalized spacial score (nSPS) is 20.9. The first kappa shape index (κ1) is 13.7. The van der Waals surface area contributed by atoms with Crippen LogP contribution >= 0.6 is 15.9 Å². The van der Waals surface area contributed by atoms with Crippen LogP contribution in [-0.2, 0) is 0 Å². The van der Waals surface area contributed by atoms with Gasteiger partial charge in [0.1, 0.15) is 0 Å². The highest BCUT2D eigenvalue weighted by molar-refractivity contribution is 9.10. The summed E-state index contributed by atoms with van der Waals surface area (Å²) in [6.07, 6.45) is 2.21. The van der Waals surface area contributed by atoms with Crippen LogP contribution in [0.1, 0.15) is 29.6 Å². The maximum Gasteiger partial charge on any atom is 0.164 e. The highest BCUT2D eigenvalue weighted by Crippen LogP contribution is 2.14. The molecule has 3 nitrogen and oxygen atoms in total. The van der Waals surface area contributed by atoms with Crippen LogP contribution in [0.3, 0.4) is 0 Å². The van der Waals surface area contributed by atoms with E-state index in [1.165, 1.54) is 0 Å². The van der Waals surface area contributed by atoms with Crippen LogP contribution in [0, 0.1) is 0 Å². The molecule has 0 radical (unpaired) electrons. The first-order chi connectivity index (χ1) is 8.65. The fraction of sp³-hybridized carbons (Fsp3) is 0.500. The highest BCUT2D eigenvalue weighted by atomic mass is 79.9. The Bertz CT molecular complexity index is 405. The zero-order valence-corrected chi connectivity index (χ0v) is 11.9. The van der Waals surface area contributed by atoms with Crippen molar-refractivity contribution in [2.45, 2.75) is 25.4 Å². The Balaban J connectivity index is 1.82. The van der Waals surface area contributed by atoms with Gasteiger partial charge in [0.25, 0.3) is 0 Å². The molecule has 98 valence electrons. The molecule has 18 heavy (non-hydrogen) atoms. The predicted octanol–water partition coefficient (Wildman–Crippen LogP) is 2.48. The molecule has 1 aromatic carbocycles. The number of halogens is 1. The van der Waals surface area contributed by atoms with Gasteiger partial charge in [0.05, 0.1) is 6.10 Å². The quantitative estimate of drug-likeness (QED) is 0.868. The van der Waals surface area contributed by atoms with Gasteiger partial charge in [-0.15, -0.1) is 0 Å². The zero-order chi connectivity index (χ0) is 13.0. The van der Waals surface area contributed by atoms with E-state index in [9.17, 15) is 9.90 Å². The van der Waals surface area contributed by atoms with Crippen molar-refractivity contribution >= 4 is 21.7 Å². The van der Waals surface area contributed by atoms with E-state index in [-0.39, 0.29) is 11.9 Å². The van der Waals surface area contributed by atoms with Crippen LogP contribution in [0.15, 0.2) is 28.7 Å². The monoisotopic (exact) mass is 311 g/mol. The summed E-state index contributed by atoms with van der Waals surface area (Å²) >= 11 is 3.36. The van der Waals surface area contributed by atoms with Crippen molar-refractivity contribution in [3.8, 4) is 0 Å². The third-order valence-corrected chi connectivity index (χ3v) is 3.83. The van der Waals surface area contributed by atoms with Gasteiger partial charge < -0.3 is 10.0 Å². The number of rotatable bonds is 4. The number of hydrogen-bond donors (Lipinski definition) is 1. The summed E-state index contributed by atoms with van der Waals surface area (Å²) < 4.78 is 0.984. The molecule has 0 amide bonds. The molecule has 1 aromatic rings. The molecule has 0 bridgehead atoms. The van der Waals surface area contributed by atoms with Crippen molar-refractivity contribution < 1.29 is 9.90 Å². The number of likely N-dealkylation sites (tertiary alicyclic amines) is 1. The standard InChI is InChI=1S/C14H18BrNO2/c15-12-5-3-11(4-6-12)14(18)7-9-16-8-1-2-13(17)10-16/h3-6,13,17H,1-2,7-10H2. The summed E-state index contributed by atoms with van der Waals surface area (Å²) in [5, 5.41) is 9.56. The third kappa shape index (κ3) is 3.90. The average Bonchev–Trinajstić information content (AvgIpc) is 2.37. The Morgan fingerprint density at radius 1 is 1.39 bits per heavy atom. The Morgan fingerprint density at radius 3 is 2.78 bits per heavy atom. The Hall–Kier alpha value is -0.710. The summed E-state index contributed by atoms with van der Waals surface area (Å²) in [6.45, 7) is 2.43. The molecule has 0 aromatic heterocycles. The van der Waals surface area contributed by atoms with Crippen molar-refractivity contribution in [3.05, 3.63) is 34.3 Å². The van der Waals surface area contributed by atoms with Gasteiger partial charge in [-0.05, 0) is 31.5 Å². The van der Waals surface area contributed by atoms with E-state index in [2.05, 4.69) is 20.8 Å². The zero-order valence-electron chi connectivity index (χ0n) is 10.3. The molecular formula is C14H18BrNO2. The predicted molar refractivity (Wildman–Crippen MR) is 74.8 cm³/mol. The van der Waals surface area contributed by atoms with Crippen LogP contribution in [0.5, 0.6) is 0 Å². The van der Waals surface area contributed by atoms with Gasteiger partial charge in [-0.1, -0.05) is 28.1 Å². The van der Waals surface area contributed by atoms with E-state index in [4.69, 9.17) is 0 Å². The maximum atomic E-state index is 12.0. The number of benzene rings is 1. The molecule has 1 atom stereocenters. The van der Waals surface area contributed by atoms with E-state index in [1.54, 1.807) is 0 Å². The second-order valence-corrected chi connectivity index (χ2v) is 5.69. The molecule has 0 saturated carbocycles. The lowest BCUT2D eigenvalue weighted by atomic mass is 10.1. The summed E-state index contributed by atoms with van der Waals surface area (Å²) in [5.41, 5.74) is 0.760. The number of piperidine rings is 1. The van der Waals surface area contributed by atoms with Gasteiger partial charge in [0.2, 0.25) is 0 Å². The second-order valence-electron chi connectivity index (χ2n) is 4.78. The van der Waals surface area contributed by atoms with Crippen LogP contribution in [0.25, 0.3) is 0 Å². The number of carbonyl (C=O) groups excluding carboxylic acids is 1. The summed E-state index contributed by atoms with van der Waals surface area (Å²) in [4.78, 5) is 14.1. The molecular weight excluding hydrogens is 294 g/mol. The average molecular weight is 312 g/mol. The summed E-state index contributed by atoms with van der Waals surface area (Å²) in [5.74, 6) is 0.169. The largest absolute Gasteiger partial charge is 0.392 e. The van der Waals surface area contributed by atoms with E-state index < -0.39 is 0 Å². The first-order valence-electron chi connectivity index (χ1n) is 6.34. The SMILES string of the molecule is O=C(CCN1CCCC(O)C1)c1ccc(Br)cc1. The summed E-state index contributed by atoms with van der Waals surface area (Å²) in [6, 6.07) is 7.46. The number of aliphatic hydroxyl groups is 1. The fourth-order valence-corrected chi connectivity index (χ4v) is 2.54. The van der Waals surface area contributed by atoms with Crippen molar-refractivity contribution in [3.63, 3.8) is 0 Å². The van der Waals surface area contributed by atoms with E-state index in [0.29, 0.717) is 13.0 Å². The lowest BCUT2D eigenvalue weighted by molar-refractivity contribution is 0.0670. The Morgan fingerprint density at radius 2 is 2.11 bits per heavy atom. The molecule has 0 spiro atoms. The van der Waals surface area contributed by atoms with Gasteiger partial charge in [0.15, 0.2) is 5.78 Å². The number of aliphatic hydroxyl groups excluding tert-OH is 1. The Labute approximate surface area is 116 Å². The number of β-amino-alcohol motifs (C(OH)–C–C–N with tert-alkyl or cyclic N) is 1. The maximum absolute atomic E-state index is 12.0. The van der Waals surface area contributed by atoms with Gasteiger partial charge >= 0.3 is 0 Å². The molecule has 1 heterocycles. The minimum absolute atomic E-state index is 0.169. The molecule has 2 rings (SSSR count). The smallest absolute Gasteiger partial charge is 0.164 e. The van der Waals surface area contributed by atoms with Crippen LogP contribution < -0.4 is 0 Å².